The van der Waals surface area contributed by atoms with Gasteiger partial charge in [0, 0.05) is 9.99 Å². The van der Waals surface area contributed by atoms with Gasteiger partial charge in [-0.05, 0) is 58.7 Å². The van der Waals surface area contributed by atoms with Crippen LogP contribution in [-0.4, -0.2) is 35.1 Å². The zero-order valence-corrected chi connectivity index (χ0v) is 17.3. The zero-order chi connectivity index (χ0) is 16.5. The molecule has 6 heteroatoms. The van der Waals surface area contributed by atoms with E-state index in [1.54, 1.807) is 0 Å². The first kappa shape index (κ1) is 20.6. The maximum atomic E-state index is 10.1. The number of rotatable bonds is 5. The van der Waals surface area contributed by atoms with Crippen LogP contribution in [0.1, 0.15) is 37.8 Å². The summed E-state index contributed by atoms with van der Waals surface area (Å²) < 4.78 is 12.0. The Balaban J connectivity index is 0.00000116. The summed E-state index contributed by atoms with van der Waals surface area (Å²) in [5.74, 6) is 0. The van der Waals surface area contributed by atoms with E-state index in [9.17, 15) is 10.2 Å². The van der Waals surface area contributed by atoms with Crippen LogP contribution in [0.2, 0.25) is 0 Å². The van der Waals surface area contributed by atoms with Crippen LogP contribution in [0.3, 0.4) is 0 Å². The average molecular weight is 534 g/mol. The summed E-state index contributed by atoms with van der Waals surface area (Å²) in [6.45, 7) is 4.58. The van der Waals surface area contributed by atoms with Gasteiger partial charge in [-0.2, -0.15) is 0 Å². The molecule has 1 aromatic rings. The van der Waals surface area contributed by atoms with Crippen molar-refractivity contribution in [2.45, 2.75) is 58.0 Å². The summed E-state index contributed by atoms with van der Waals surface area (Å²) in [7, 11) is 0. The normalized spacial score (nSPS) is 24.5. The molecule has 22 heavy (non-hydrogen) atoms. The van der Waals surface area contributed by atoms with Gasteiger partial charge in [-0.25, -0.2) is 0 Å². The molecule has 126 valence electrons. The molecule has 2 N–H and O–H groups in total. The maximum Gasteiger partial charge on any atom is 0.110 e. The van der Waals surface area contributed by atoms with E-state index in [0.29, 0.717) is 13.0 Å². The monoisotopic (exact) mass is 534 g/mol. The predicted molar refractivity (Wildman–Crippen MR) is 104 cm³/mol. The second kappa shape index (κ2) is 11.1. The molecule has 3 atom stereocenters. The number of aliphatic hydroxyl groups excluding tert-OH is 2. The van der Waals surface area contributed by atoms with Crippen molar-refractivity contribution in [1.82, 2.24) is 0 Å². The van der Waals surface area contributed by atoms with Crippen molar-refractivity contribution < 1.29 is 18.0 Å². The van der Waals surface area contributed by atoms with Gasteiger partial charge in [0.05, 0.1) is 31.5 Å². The highest BCUT2D eigenvalue weighted by Gasteiger charge is 2.30. The van der Waals surface area contributed by atoms with Gasteiger partial charge in [-0.3, -0.25) is 0 Å². The van der Waals surface area contributed by atoms with E-state index < -0.39 is 6.10 Å². The summed E-state index contributed by atoms with van der Waals surface area (Å²) in [5.41, 5.74) is 2.08. The van der Waals surface area contributed by atoms with Gasteiger partial charge in [0.2, 0.25) is 0 Å². The molecule has 0 aromatic heterocycles. The Morgan fingerprint density at radius 3 is 2.64 bits per heavy atom. The fraction of sp³-hybridized carbons (Fsp3) is 0.625. The minimum Gasteiger partial charge on any atom is -0.392 e. The van der Waals surface area contributed by atoms with Crippen molar-refractivity contribution in [2.24, 2.45) is 0 Å². The lowest BCUT2D eigenvalue weighted by Crippen LogP contribution is -2.41. The Hall–Kier alpha value is 0.520. The first-order chi connectivity index (χ1) is 10.6. The molecule has 0 amide bonds. The smallest absolute Gasteiger partial charge is 0.110 e. The van der Waals surface area contributed by atoms with Crippen molar-refractivity contribution >= 4 is 45.6 Å². The second-order valence-electron chi connectivity index (χ2n) is 5.00. The molecule has 1 fully saturated rings. The molecule has 0 aliphatic carbocycles. The van der Waals surface area contributed by atoms with Crippen LogP contribution >= 0.6 is 45.6 Å². The van der Waals surface area contributed by atoms with Crippen molar-refractivity contribution in [1.29, 1.82) is 0 Å². The lowest BCUT2D eigenvalue weighted by molar-refractivity contribution is -0.111. The molecule has 1 saturated heterocycles. The third-order valence-corrected chi connectivity index (χ3v) is 4.98. The number of aliphatic hydroxyl groups is 2. The summed E-state index contributed by atoms with van der Waals surface area (Å²) in [6.07, 6.45) is 1.51. The standard InChI is InChI=1S/C14H18I2O4.C2H6/c15-11-3-1-10(7-17)9(5-11)2-4-14-13(18)6-12(20-16)8-19-14;1-2/h1,3,5,12-14,17-18H,2,4,6-8H2;1-2H3/t12?,13?,14-;/m0./s1. The molecule has 1 heterocycles. The number of benzene rings is 1. The van der Waals surface area contributed by atoms with E-state index in [1.807, 2.05) is 49.0 Å². The van der Waals surface area contributed by atoms with Crippen LogP contribution in [-0.2, 0) is 20.8 Å². The van der Waals surface area contributed by atoms with Crippen LogP contribution < -0.4 is 0 Å². The van der Waals surface area contributed by atoms with Gasteiger partial charge in [-0.15, -0.1) is 0 Å². The highest BCUT2D eigenvalue weighted by Crippen LogP contribution is 2.23. The van der Waals surface area contributed by atoms with E-state index in [2.05, 4.69) is 28.7 Å². The van der Waals surface area contributed by atoms with Gasteiger partial charge in [0.25, 0.3) is 0 Å². The quantitative estimate of drug-likeness (QED) is 0.568. The minimum atomic E-state index is -0.483. The third-order valence-electron chi connectivity index (χ3n) is 3.59. The van der Waals surface area contributed by atoms with E-state index in [-0.39, 0.29) is 18.8 Å². The molecule has 1 aliphatic heterocycles. The molecule has 0 bridgehead atoms. The molecule has 0 spiro atoms. The molecule has 1 aromatic carbocycles. The number of ether oxygens (including phenoxy) is 1. The summed E-state index contributed by atoms with van der Waals surface area (Å²) in [4.78, 5) is 0. The van der Waals surface area contributed by atoms with E-state index in [0.717, 1.165) is 27.5 Å². The first-order valence-electron chi connectivity index (χ1n) is 7.59. The van der Waals surface area contributed by atoms with Crippen molar-refractivity contribution in [3.05, 3.63) is 32.9 Å². The van der Waals surface area contributed by atoms with Crippen LogP contribution in [0.15, 0.2) is 18.2 Å². The molecule has 2 unspecified atom stereocenters. The third kappa shape index (κ3) is 6.20. The fourth-order valence-corrected chi connectivity index (χ4v) is 3.36. The Morgan fingerprint density at radius 1 is 1.32 bits per heavy atom. The maximum absolute atomic E-state index is 10.1. The molecule has 0 saturated carbocycles. The minimum absolute atomic E-state index is 0.0208. The van der Waals surface area contributed by atoms with Gasteiger partial charge in [0.15, 0.2) is 0 Å². The summed E-state index contributed by atoms with van der Waals surface area (Å²) >= 11 is 4.11. The lowest BCUT2D eigenvalue weighted by Gasteiger charge is -2.32. The molecular formula is C16H24I2O4. The highest BCUT2D eigenvalue weighted by molar-refractivity contribution is 14.1. The summed E-state index contributed by atoms with van der Waals surface area (Å²) in [5, 5.41) is 19.4. The van der Waals surface area contributed by atoms with Gasteiger partial charge in [0.1, 0.15) is 23.0 Å². The molecule has 2 rings (SSSR count). The summed E-state index contributed by atoms with van der Waals surface area (Å²) in [6, 6.07) is 6.02. The predicted octanol–water partition coefficient (Wildman–Crippen LogP) is 3.63. The Morgan fingerprint density at radius 2 is 2.05 bits per heavy atom. The lowest BCUT2D eigenvalue weighted by atomic mass is 9.96. The Bertz CT molecular complexity index is 442. The van der Waals surface area contributed by atoms with Crippen molar-refractivity contribution in [3.8, 4) is 0 Å². The SMILES string of the molecule is CC.OCc1ccc(I)cc1CC[C@@H]1OCC(OI)CC1O. The van der Waals surface area contributed by atoms with Crippen LogP contribution in [0.25, 0.3) is 0 Å². The van der Waals surface area contributed by atoms with Crippen LogP contribution in [0, 0.1) is 3.57 Å². The molecule has 0 radical (unpaired) electrons. The molecular weight excluding hydrogens is 510 g/mol. The number of hydrogen-bond acceptors (Lipinski definition) is 4. The van der Waals surface area contributed by atoms with Gasteiger partial charge >= 0.3 is 0 Å². The number of hydrogen-bond donors (Lipinski definition) is 2. The Labute approximate surface area is 160 Å². The van der Waals surface area contributed by atoms with Crippen LogP contribution in [0.5, 0.6) is 0 Å². The van der Waals surface area contributed by atoms with E-state index >= 15 is 0 Å². The second-order valence-corrected chi connectivity index (χ2v) is 6.75. The van der Waals surface area contributed by atoms with E-state index in [1.165, 1.54) is 0 Å². The average Bonchev–Trinajstić information content (AvgIpc) is 2.55. The number of halogens is 2. The largest absolute Gasteiger partial charge is 0.392 e. The fourth-order valence-electron chi connectivity index (χ4n) is 2.45. The van der Waals surface area contributed by atoms with Crippen molar-refractivity contribution in [3.63, 3.8) is 0 Å². The number of aryl methyl sites for hydroxylation is 1. The van der Waals surface area contributed by atoms with Crippen LogP contribution in [0.4, 0.5) is 0 Å². The van der Waals surface area contributed by atoms with E-state index in [4.69, 9.17) is 7.80 Å². The topological polar surface area (TPSA) is 58.9 Å². The Kier molecular flexibility index (Phi) is 10.4. The highest BCUT2D eigenvalue weighted by atomic mass is 127. The van der Waals surface area contributed by atoms with Gasteiger partial charge in [-0.1, -0.05) is 19.9 Å². The first-order valence-corrected chi connectivity index (χ1v) is 9.55. The molecule has 1 aliphatic rings. The molecule has 4 nitrogen and oxygen atoms in total. The van der Waals surface area contributed by atoms with Gasteiger partial charge < -0.3 is 18.0 Å². The van der Waals surface area contributed by atoms with Crippen molar-refractivity contribution in [2.75, 3.05) is 6.61 Å². The zero-order valence-electron chi connectivity index (χ0n) is 13.0.